The summed E-state index contributed by atoms with van der Waals surface area (Å²) in [5.41, 5.74) is 1.77. The first-order valence-electron chi connectivity index (χ1n) is 11.3. The average molecular weight is 479 g/mol. The van der Waals surface area contributed by atoms with Gasteiger partial charge in [-0.3, -0.25) is 0 Å². The normalized spacial score (nSPS) is 10.7. The van der Waals surface area contributed by atoms with E-state index in [9.17, 15) is 9.59 Å². The predicted molar refractivity (Wildman–Crippen MR) is 137 cm³/mol. The molecule has 178 valence electrons. The molecule has 0 spiro atoms. The van der Waals surface area contributed by atoms with Gasteiger partial charge in [-0.25, -0.2) is 9.59 Å². The van der Waals surface area contributed by atoms with Crippen LogP contribution in [-0.4, -0.2) is 12.3 Å². The number of para-hydroxylation sites is 2. The summed E-state index contributed by atoms with van der Waals surface area (Å²) in [7, 11) is 0. The SMILES string of the molecule is Cc1ccc2c(OC(=O)Oc3ccccc3)c3c(C)cccc3c(OC(=O)Oc3ccccc3)c2c1. The molecule has 0 saturated heterocycles. The minimum atomic E-state index is -0.871. The summed E-state index contributed by atoms with van der Waals surface area (Å²) in [6.45, 7) is 3.82. The molecule has 0 aliphatic heterocycles. The molecule has 0 aliphatic rings. The van der Waals surface area contributed by atoms with E-state index in [4.69, 9.17) is 18.9 Å². The number of benzene rings is 5. The van der Waals surface area contributed by atoms with E-state index in [1.54, 1.807) is 48.5 Å². The maximum Gasteiger partial charge on any atom is 0.519 e. The third kappa shape index (κ3) is 4.70. The van der Waals surface area contributed by atoms with Crippen molar-refractivity contribution in [3.8, 4) is 23.0 Å². The van der Waals surface area contributed by atoms with Gasteiger partial charge in [-0.05, 0) is 49.7 Å². The van der Waals surface area contributed by atoms with Crippen LogP contribution >= 0.6 is 0 Å². The molecule has 5 rings (SSSR count). The van der Waals surface area contributed by atoms with Crippen LogP contribution in [0.15, 0.2) is 97.1 Å². The maximum atomic E-state index is 12.8. The fraction of sp³-hybridized carbons (Fsp3) is 0.0667. The number of hydrogen-bond donors (Lipinski definition) is 0. The average Bonchev–Trinajstić information content (AvgIpc) is 2.87. The molecular weight excluding hydrogens is 456 g/mol. The molecule has 0 aliphatic carbocycles. The van der Waals surface area contributed by atoms with Crippen LogP contribution in [0.4, 0.5) is 9.59 Å². The molecule has 0 heterocycles. The quantitative estimate of drug-likeness (QED) is 0.149. The number of carbonyl (C=O) groups is 2. The van der Waals surface area contributed by atoms with Crippen molar-refractivity contribution < 1.29 is 28.5 Å². The predicted octanol–water partition coefficient (Wildman–Crippen LogP) is 7.77. The smallest absolute Gasteiger partial charge is 0.395 e. The molecule has 0 saturated carbocycles. The van der Waals surface area contributed by atoms with Crippen molar-refractivity contribution >= 4 is 33.9 Å². The molecule has 0 aromatic heterocycles. The lowest BCUT2D eigenvalue weighted by atomic mass is 9.96. The Kier molecular flexibility index (Phi) is 6.24. The van der Waals surface area contributed by atoms with E-state index in [0.29, 0.717) is 44.5 Å². The van der Waals surface area contributed by atoms with Crippen LogP contribution in [0.3, 0.4) is 0 Å². The largest absolute Gasteiger partial charge is 0.519 e. The second-order valence-corrected chi connectivity index (χ2v) is 8.24. The highest BCUT2D eigenvalue weighted by Crippen LogP contribution is 2.44. The highest BCUT2D eigenvalue weighted by Gasteiger charge is 2.23. The first kappa shape index (κ1) is 22.9. The maximum absolute atomic E-state index is 12.8. The van der Waals surface area contributed by atoms with Gasteiger partial charge >= 0.3 is 12.3 Å². The molecule has 6 nitrogen and oxygen atoms in total. The number of fused-ring (bicyclic) bond motifs is 2. The van der Waals surface area contributed by atoms with Crippen molar-refractivity contribution in [3.63, 3.8) is 0 Å². The number of ether oxygens (including phenoxy) is 4. The van der Waals surface area contributed by atoms with Crippen molar-refractivity contribution in [2.24, 2.45) is 0 Å². The fourth-order valence-electron chi connectivity index (χ4n) is 4.08. The molecule has 36 heavy (non-hydrogen) atoms. The monoisotopic (exact) mass is 478 g/mol. The van der Waals surface area contributed by atoms with Crippen LogP contribution in [0.1, 0.15) is 11.1 Å². The van der Waals surface area contributed by atoms with Crippen molar-refractivity contribution in [3.05, 3.63) is 108 Å². The molecule has 0 fully saturated rings. The summed E-state index contributed by atoms with van der Waals surface area (Å²) in [5, 5.41) is 2.41. The van der Waals surface area contributed by atoms with Gasteiger partial charge in [-0.1, -0.05) is 72.3 Å². The van der Waals surface area contributed by atoms with Crippen LogP contribution in [0.25, 0.3) is 21.5 Å². The lowest BCUT2D eigenvalue weighted by molar-refractivity contribution is 0.151. The minimum absolute atomic E-state index is 0.317. The highest BCUT2D eigenvalue weighted by molar-refractivity contribution is 6.13. The van der Waals surface area contributed by atoms with E-state index in [1.165, 1.54) is 0 Å². The Hall–Kier alpha value is -4.84. The molecule has 0 atom stereocenters. The first-order chi connectivity index (χ1) is 17.5. The molecule has 0 radical (unpaired) electrons. The van der Waals surface area contributed by atoms with Gasteiger partial charge in [-0.2, -0.15) is 0 Å². The van der Waals surface area contributed by atoms with Crippen LogP contribution in [0.2, 0.25) is 0 Å². The van der Waals surface area contributed by atoms with Gasteiger partial charge in [0.25, 0.3) is 0 Å². The summed E-state index contributed by atoms with van der Waals surface area (Å²) in [5.74, 6) is 1.37. The second kappa shape index (κ2) is 9.80. The van der Waals surface area contributed by atoms with E-state index in [-0.39, 0.29) is 0 Å². The standard InChI is InChI=1S/C30H22O6/c1-19-16-17-23-25(18-19)27(35-29(31)33-21-11-5-3-6-12-21)24-15-9-10-20(2)26(24)28(23)36-30(32)34-22-13-7-4-8-14-22/h3-18H,1-2H3. The molecule has 5 aromatic rings. The Morgan fingerprint density at radius 2 is 1.11 bits per heavy atom. The topological polar surface area (TPSA) is 71.1 Å². The van der Waals surface area contributed by atoms with Gasteiger partial charge in [-0.15, -0.1) is 0 Å². The van der Waals surface area contributed by atoms with Gasteiger partial charge in [0.15, 0.2) is 11.5 Å². The third-order valence-corrected chi connectivity index (χ3v) is 5.67. The Labute approximate surface area is 207 Å². The Balaban J connectivity index is 1.61. The Morgan fingerprint density at radius 3 is 1.72 bits per heavy atom. The molecule has 0 N–H and O–H groups in total. The number of carbonyl (C=O) groups excluding carboxylic acids is 2. The van der Waals surface area contributed by atoms with E-state index < -0.39 is 12.3 Å². The third-order valence-electron chi connectivity index (χ3n) is 5.67. The minimum Gasteiger partial charge on any atom is -0.395 e. The summed E-state index contributed by atoms with van der Waals surface area (Å²) in [4.78, 5) is 25.5. The van der Waals surface area contributed by atoms with Gasteiger partial charge in [0.05, 0.1) is 0 Å². The Bertz CT molecular complexity index is 1570. The molecule has 0 amide bonds. The van der Waals surface area contributed by atoms with Crippen LogP contribution in [0, 0.1) is 13.8 Å². The Morgan fingerprint density at radius 1 is 0.528 bits per heavy atom. The summed E-state index contributed by atoms with van der Waals surface area (Å²) in [6, 6.07) is 28.5. The zero-order chi connectivity index (χ0) is 25.1. The highest BCUT2D eigenvalue weighted by atomic mass is 16.7. The van der Waals surface area contributed by atoms with Crippen molar-refractivity contribution in [1.82, 2.24) is 0 Å². The van der Waals surface area contributed by atoms with Crippen LogP contribution in [-0.2, 0) is 0 Å². The van der Waals surface area contributed by atoms with Crippen molar-refractivity contribution in [2.45, 2.75) is 13.8 Å². The van der Waals surface area contributed by atoms with Crippen LogP contribution < -0.4 is 18.9 Å². The first-order valence-corrected chi connectivity index (χ1v) is 11.3. The van der Waals surface area contributed by atoms with E-state index in [2.05, 4.69) is 0 Å². The van der Waals surface area contributed by atoms with E-state index >= 15 is 0 Å². The van der Waals surface area contributed by atoms with Gasteiger partial charge in [0.2, 0.25) is 0 Å². The van der Waals surface area contributed by atoms with Gasteiger partial charge < -0.3 is 18.9 Å². The lowest BCUT2D eigenvalue weighted by Gasteiger charge is -2.18. The van der Waals surface area contributed by atoms with E-state index in [1.807, 2.05) is 62.4 Å². The number of rotatable bonds is 4. The molecular formula is C30H22O6. The number of hydrogen-bond acceptors (Lipinski definition) is 6. The van der Waals surface area contributed by atoms with Gasteiger partial charge in [0.1, 0.15) is 11.5 Å². The summed E-state index contributed by atoms with van der Waals surface area (Å²) >= 11 is 0. The second-order valence-electron chi connectivity index (χ2n) is 8.24. The van der Waals surface area contributed by atoms with E-state index in [0.717, 1.165) is 11.1 Å². The zero-order valence-electron chi connectivity index (χ0n) is 19.7. The van der Waals surface area contributed by atoms with Crippen molar-refractivity contribution in [2.75, 3.05) is 0 Å². The molecule has 5 aromatic carbocycles. The molecule has 0 bridgehead atoms. The fourth-order valence-corrected chi connectivity index (χ4v) is 4.08. The van der Waals surface area contributed by atoms with Crippen molar-refractivity contribution in [1.29, 1.82) is 0 Å². The summed E-state index contributed by atoms with van der Waals surface area (Å²) < 4.78 is 22.3. The van der Waals surface area contributed by atoms with Gasteiger partial charge in [0, 0.05) is 21.5 Å². The lowest BCUT2D eigenvalue weighted by Crippen LogP contribution is -2.16. The number of aryl methyl sites for hydroxylation is 2. The zero-order valence-corrected chi connectivity index (χ0v) is 19.7. The molecule has 6 heteroatoms. The molecule has 0 unspecified atom stereocenters. The van der Waals surface area contributed by atoms with Crippen LogP contribution in [0.5, 0.6) is 23.0 Å². The summed E-state index contributed by atoms with van der Waals surface area (Å²) in [6.07, 6.45) is -1.74.